The van der Waals surface area contributed by atoms with Crippen LogP contribution in [-0.4, -0.2) is 13.7 Å². The second-order valence-electron chi connectivity index (χ2n) is 5.15. The highest BCUT2D eigenvalue weighted by Gasteiger charge is 1.96. The zero-order chi connectivity index (χ0) is 13.8. The lowest BCUT2D eigenvalue weighted by Gasteiger charge is -2.08. The van der Waals surface area contributed by atoms with Crippen molar-refractivity contribution in [2.45, 2.75) is 58.4 Å². The van der Waals surface area contributed by atoms with E-state index in [1.54, 1.807) is 0 Å². The maximum Gasteiger partial charge on any atom is 0.119 e. The van der Waals surface area contributed by atoms with Crippen LogP contribution in [0.4, 0.5) is 0 Å². The molecule has 0 aliphatic carbocycles. The maximum absolute atomic E-state index is 5.79. The van der Waals surface area contributed by atoms with Crippen molar-refractivity contribution in [3.05, 3.63) is 29.8 Å². The van der Waals surface area contributed by atoms with Crippen LogP contribution in [0, 0.1) is 0 Å². The molecule has 2 nitrogen and oxygen atoms in total. The first-order valence-corrected chi connectivity index (χ1v) is 7.73. The van der Waals surface area contributed by atoms with E-state index in [4.69, 9.17) is 4.74 Å². The van der Waals surface area contributed by atoms with Crippen molar-refractivity contribution in [3.63, 3.8) is 0 Å². The molecule has 1 aromatic carbocycles. The van der Waals surface area contributed by atoms with Gasteiger partial charge in [-0.1, -0.05) is 57.6 Å². The number of rotatable bonds is 11. The Balaban J connectivity index is 2.07. The number of nitrogens with one attached hydrogen (secondary N) is 1. The average Bonchev–Trinajstić information content (AvgIpc) is 2.43. The Kier molecular flexibility index (Phi) is 9.17. The van der Waals surface area contributed by atoms with Crippen LogP contribution in [0.15, 0.2) is 24.3 Å². The molecule has 1 rings (SSSR count). The van der Waals surface area contributed by atoms with Gasteiger partial charge in [-0.2, -0.15) is 0 Å². The summed E-state index contributed by atoms with van der Waals surface area (Å²) in [5.41, 5.74) is 1.28. The van der Waals surface area contributed by atoms with E-state index in [0.717, 1.165) is 18.9 Å². The van der Waals surface area contributed by atoms with Gasteiger partial charge in [-0.3, -0.25) is 0 Å². The van der Waals surface area contributed by atoms with Gasteiger partial charge in [0.1, 0.15) is 5.75 Å². The van der Waals surface area contributed by atoms with Crippen LogP contribution < -0.4 is 10.1 Å². The summed E-state index contributed by atoms with van der Waals surface area (Å²) in [4.78, 5) is 0. The first-order chi connectivity index (χ1) is 9.36. The summed E-state index contributed by atoms with van der Waals surface area (Å²) in [5.74, 6) is 0.999. The molecule has 0 atom stereocenters. The van der Waals surface area contributed by atoms with E-state index in [2.05, 4.69) is 30.4 Å². The van der Waals surface area contributed by atoms with Gasteiger partial charge in [-0.25, -0.2) is 0 Å². The third-order valence-corrected chi connectivity index (χ3v) is 3.30. The zero-order valence-electron chi connectivity index (χ0n) is 12.6. The van der Waals surface area contributed by atoms with Crippen molar-refractivity contribution < 1.29 is 4.74 Å². The van der Waals surface area contributed by atoms with Crippen molar-refractivity contribution in [2.24, 2.45) is 0 Å². The minimum Gasteiger partial charge on any atom is -0.494 e. The van der Waals surface area contributed by atoms with Gasteiger partial charge in [-0.15, -0.1) is 0 Å². The van der Waals surface area contributed by atoms with Gasteiger partial charge in [0.2, 0.25) is 0 Å². The molecule has 0 heterocycles. The fourth-order valence-corrected chi connectivity index (χ4v) is 2.20. The smallest absolute Gasteiger partial charge is 0.119 e. The van der Waals surface area contributed by atoms with Crippen molar-refractivity contribution in [2.75, 3.05) is 13.7 Å². The molecule has 108 valence electrons. The molecule has 1 N–H and O–H groups in total. The first kappa shape index (κ1) is 16.0. The monoisotopic (exact) mass is 263 g/mol. The molecule has 2 heteroatoms. The Morgan fingerprint density at radius 1 is 1.00 bits per heavy atom. The second kappa shape index (κ2) is 10.9. The Hall–Kier alpha value is -1.02. The molecular weight excluding hydrogens is 234 g/mol. The van der Waals surface area contributed by atoms with E-state index in [-0.39, 0.29) is 0 Å². The molecule has 0 bridgehead atoms. The lowest BCUT2D eigenvalue weighted by Crippen LogP contribution is -2.05. The normalized spacial score (nSPS) is 10.6. The van der Waals surface area contributed by atoms with Gasteiger partial charge in [0.05, 0.1) is 6.61 Å². The molecule has 0 radical (unpaired) electrons. The van der Waals surface area contributed by atoms with E-state index in [9.17, 15) is 0 Å². The first-order valence-electron chi connectivity index (χ1n) is 7.73. The molecule has 0 saturated heterocycles. The maximum atomic E-state index is 5.79. The van der Waals surface area contributed by atoms with Crippen LogP contribution >= 0.6 is 0 Å². The van der Waals surface area contributed by atoms with Crippen molar-refractivity contribution in [1.29, 1.82) is 0 Å². The summed E-state index contributed by atoms with van der Waals surface area (Å²) in [6.45, 7) is 4.00. The number of hydrogen-bond donors (Lipinski definition) is 1. The number of benzene rings is 1. The third kappa shape index (κ3) is 7.89. The summed E-state index contributed by atoms with van der Waals surface area (Å²) in [6.07, 6.45) is 9.29. The molecule has 0 amide bonds. The van der Waals surface area contributed by atoms with Crippen LogP contribution in [0.2, 0.25) is 0 Å². The van der Waals surface area contributed by atoms with E-state index >= 15 is 0 Å². The fraction of sp³-hybridized carbons (Fsp3) is 0.647. The number of unbranched alkanes of at least 4 members (excludes halogenated alkanes) is 6. The summed E-state index contributed by atoms with van der Waals surface area (Å²) in [7, 11) is 1.96. The molecule has 0 fully saturated rings. The minimum absolute atomic E-state index is 0.844. The standard InChI is InChI=1S/C17H29NO/c1-3-4-5-6-7-8-9-13-19-17-12-10-11-16(14-17)15-18-2/h10-12,14,18H,3-9,13,15H2,1-2H3. The highest BCUT2D eigenvalue weighted by Crippen LogP contribution is 2.14. The molecule has 0 unspecified atom stereocenters. The summed E-state index contributed by atoms with van der Waals surface area (Å²) in [6, 6.07) is 8.35. The van der Waals surface area contributed by atoms with Gasteiger partial charge < -0.3 is 10.1 Å². The molecule has 0 aromatic heterocycles. The second-order valence-corrected chi connectivity index (χ2v) is 5.15. The predicted molar refractivity (Wildman–Crippen MR) is 82.7 cm³/mol. The van der Waals surface area contributed by atoms with Crippen LogP contribution in [0.1, 0.15) is 57.4 Å². The minimum atomic E-state index is 0.844. The molecule has 0 spiro atoms. The molecule has 0 saturated carbocycles. The Morgan fingerprint density at radius 2 is 1.74 bits per heavy atom. The fourth-order valence-electron chi connectivity index (χ4n) is 2.20. The lowest BCUT2D eigenvalue weighted by atomic mass is 10.1. The van der Waals surface area contributed by atoms with Crippen molar-refractivity contribution in [3.8, 4) is 5.75 Å². The Bertz CT molecular complexity index is 325. The number of hydrogen-bond acceptors (Lipinski definition) is 2. The van der Waals surface area contributed by atoms with Gasteiger partial charge in [0.15, 0.2) is 0 Å². The Morgan fingerprint density at radius 3 is 2.47 bits per heavy atom. The summed E-state index contributed by atoms with van der Waals surface area (Å²) < 4.78 is 5.79. The topological polar surface area (TPSA) is 21.3 Å². The molecule has 1 aromatic rings. The molecule has 0 aliphatic heterocycles. The SMILES string of the molecule is CCCCCCCCCOc1cccc(CNC)c1. The number of ether oxygens (including phenoxy) is 1. The van der Waals surface area contributed by atoms with Gasteiger partial charge in [0, 0.05) is 6.54 Å². The van der Waals surface area contributed by atoms with Crippen molar-refractivity contribution >= 4 is 0 Å². The van der Waals surface area contributed by atoms with Gasteiger partial charge in [-0.05, 0) is 31.2 Å². The molecule has 19 heavy (non-hydrogen) atoms. The van der Waals surface area contributed by atoms with Crippen LogP contribution in [0.5, 0.6) is 5.75 Å². The van der Waals surface area contributed by atoms with Crippen LogP contribution in [0.25, 0.3) is 0 Å². The third-order valence-electron chi connectivity index (χ3n) is 3.30. The van der Waals surface area contributed by atoms with E-state index < -0.39 is 0 Å². The zero-order valence-corrected chi connectivity index (χ0v) is 12.6. The predicted octanol–water partition coefficient (Wildman–Crippen LogP) is 4.54. The summed E-state index contributed by atoms with van der Waals surface area (Å²) >= 11 is 0. The van der Waals surface area contributed by atoms with Crippen molar-refractivity contribution in [1.82, 2.24) is 5.32 Å². The Labute approximate surface area is 118 Å². The molecule has 0 aliphatic rings. The van der Waals surface area contributed by atoms with E-state index in [0.29, 0.717) is 0 Å². The largest absolute Gasteiger partial charge is 0.494 e. The van der Waals surface area contributed by atoms with E-state index in [1.807, 2.05) is 13.1 Å². The quantitative estimate of drug-likeness (QED) is 0.592. The van der Waals surface area contributed by atoms with E-state index in [1.165, 1.54) is 50.5 Å². The average molecular weight is 263 g/mol. The highest BCUT2D eigenvalue weighted by atomic mass is 16.5. The van der Waals surface area contributed by atoms with Crippen LogP contribution in [0.3, 0.4) is 0 Å². The highest BCUT2D eigenvalue weighted by molar-refractivity contribution is 5.28. The van der Waals surface area contributed by atoms with Crippen LogP contribution in [-0.2, 0) is 6.54 Å². The lowest BCUT2D eigenvalue weighted by molar-refractivity contribution is 0.304. The molecular formula is C17H29NO. The van der Waals surface area contributed by atoms with Gasteiger partial charge >= 0.3 is 0 Å². The summed E-state index contributed by atoms with van der Waals surface area (Å²) in [5, 5.41) is 3.16. The van der Waals surface area contributed by atoms with Gasteiger partial charge in [0.25, 0.3) is 0 Å².